The molecule has 2 aromatic rings. The van der Waals surface area contributed by atoms with Gasteiger partial charge in [0.05, 0.1) is 31.7 Å². The monoisotopic (exact) mass is 438 g/mol. The number of methoxy groups -OCH3 is 2. The zero-order valence-corrected chi connectivity index (χ0v) is 18.5. The molecule has 0 bridgehead atoms. The summed E-state index contributed by atoms with van der Waals surface area (Å²) in [7, 11) is 2.90. The van der Waals surface area contributed by atoms with Crippen LogP contribution in [-0.2, 0) is 20.9 Å². The molecular weight excluding hydrogens is 412 g/mol. The van der Waals surface area contributed by atoms with Gasteiger partial charge in [0, 0.05) is 31.9 Å². The lowest BCUT2D eigenvalue weighted by atomic mass is 9.77. The van der Waals surface area contributed by atoms with Crippen molar-refractivity contribution in [3.8, 4) is 5.75 Å². The quantitative estimate of drug-likeness (QED) is 0.517. The Balaban J connectivity index is 1.44. The number of amides is 2. The van der Waals surface area contributed by atoms with Crippen LogP contribution in [0.5, 0.6) is 5.75 Å². The van der Waals surface area contributed by atoms with Gasteiger partial charge in [0.25, 0.3) is 0 Å². The van der Waals surface area contributed by atoms with E-state index in [1.807, 2.05) is 30.0 Å². The van der Waals surface area contributed by atoms with Gasteiger partial charge in [0.15, 0.2) is 0 Å². The number of nitrogens with zero attached hydrogens (tertiary/aromatic N) is 4. The van der Waals surface area contributed by atoms with Crippen molar-refractivity contribution in [2.75, 3.05) is 32.2 Å². The normalized spacial score (nSPS) is 17.7. The smallest absolute Gasteiger partial charge is 0.341 e. The third-order valence-corrected chi connectivity index (χ3v) is 6.44. The van der Waals surface area contributed by atoms with E-state index in [0.29, 0.717) is 37.6 Å². The van der Waals surface area contributed by atoms with Gasteiger partial charge in [-0.1, -0.05) is 6.07 Å². The minimum absolute atomic E-state index is 0.105. The van der Waals surface area contributed by atoms with Crippen molar-refractivity contribution in [1.82, 2.24) is 14.9 Å². The van der Waals surface area contributed by atoms with E-state index in [4.69, 9.17) is 4.74 Å². The van der Waals surface area contributed by atoms with Crippen molar-refractivity contribution < 1.29 is 23.9 Å². The maximum atomic E-state index is 13.3. The van der Waals surface area contributed by atoms with Crippen LogP contribution < -0.4 is 9.64 Å². The van der Waals surface area contributed by atoms with Gasteiger partial charge in [-0.3, -0.25) is 14.5 Å². The number of benzene rings is 1. The number of hydrogen-bond donors (Lipinski definition) is 0. The number of aromatic nitrogens is 2. The van der Waals surface area contributed by atoms with E-state index in [2.05, 4.69) is 14.7 Å². The largest absolute Gasteiger partial charge is 0.497 e. The minimum Gasteiger partial charge on any atom is -0.497 e. The Morgan fingerprint density at radius 2 is 1.81 bits per heavy atom. The molecule has 0 N–H and O–H groups in total. The predicted octanol–water partition coefficient (Wildman–Crippen LogP) is 2.13. The number of aryl methyl sites for hydroxylation is 1. The number of likely N-dealkylation sites (tertiary alicyclic amines) is 1. The van der Waals surface area contributed by atoms with Gasteiger partial charge in [0.1, 0.15) is 5.75 Å². The molecule has 0 atom stereocenters. The van der Waals surface area contributed by atoms with Crippen molar-refractivity contribution >= 4 is 23.7 Å². The Morgan fingerprint density at radius 1 is 1.12 bits per heavy atom. The number of piperidine rings is 1. The molecule has 0 unspecified atom stereocenters. The van der Waals surface area contributed by atoms with Gasteiger partial charge in [0.2, 0.25) is 17.8 Å². The highest BCUT2D eigenvalue weighted by molar-refractivity contribution is 6.06. The number of esters is 1. The summed E-state index contributed by atoms with van der Waals surface area (Å²) in [5.41, 5.74) is 1.52. The second-order valence-corrected chi connectivity index (χ2v) is 8.28. The molecule has 32 heavy (non-hydrogen) atoms. The Morgan fingerprint density at radius 3 is 2.44 bits per heavy atom. The van der Waals surface area contributed by atoms with Gasteiger partial charge >= 0.3 is 5.97 Å². The second kappa shape index (κ2) is 8.57. The number of carbonyl (C=O) groups excluding carboxylic acids is 3. The standard InChI is InChI=1S/C23H26N4O5/c1-15-4-5-18(31-2)10-16(15)14-27-19(28)11-23(21(27)30)6-8-26(9-7-23)22-24-12-17(13-25-22)20(29)32-3/h4-5,10,12-13H,6-9,11,14H2,1-3H3. The molecular formula is C23H26N4O5. The third kappa shape index (κ3) is 3.90. The molecule has 1 spiro atoms. The summed E-state index contributed by atoms with van der Waals surface area (Å²) in [5.74, 6) is 0.463. The van der Waals surface area contributed by atoms with E-state index < -0.39 is 11.4 Å². The maximum Gasteiger partial charge on any atom is 0.341 e. The molecule has 2 aliphatic rings. The topological polar surface area (TPSA) is 102 Å². The molecule has 168 valence electrons. The summed E-state index contributed by atoms with van der Waals surface area (Å²) in [6.45, 7) is 3.33. The van der Waals surface area contributed by atoms with E-state index in [9.17, 15) is 14.4 Å². The van der Waals surface area contributed by atoms with Crippen LogP contribution in [0.2, 0.25) is 0 Å². The Kier molecular flexibility index (Phi) is 5.82. The summed E-state index contributed by atoms with van der Waals surface area (Å²) >= 11 is 0. The average molecular weight is 438 g/mol. The lowest BCUT2D eigenvalue weighted by Crippen LogP contribution is -2.45. The Bertz CT molecular complexity index is 1040. The molecule has 2 amide bonds. The summed E-state index contributed by atoms with van der Waals surface area (Å²) in [6, 6.07) is 5.67. The lowest BCUT2D eigenvalue weighted by molar-refractivity contribution is -0.142. The third-order valence-electron chi connectivity index (χ3n) is 6.44. The van der Waals surface area contributed by atoms with E-state index >= 15 is 0 Å². The molecule has 2 fully saturated rings. The van der Waals surface area contributed by atoms with Crippen molar-refractivity contribution in [1.29, 1.82) is 0 Å². The predicted molar refractivity (Wildman–Crippen MR) is 115 cm³/mol. The molecule has 2 saturated heterocycles. The molecule has 9 nitrogen and oxygen atoms in total. The van der Waals surface area contributed by atoms with E-state index in [-0.39, 0.29) is 30.3 Å². The number of anilines is 1. The first-order valence-corrected chi connectivity index (χ1v) is 10.5. The van der Waals surface area contributed by atoms with E-state index in [1.54, 1.807) is 7.11 Å². The van der Waals surface area contributed by atoms with Crippen LogP contribution in [0.15, 0.2) is 30.6 Å². The number of hydrogen-bond acceptors (Lipinski definition) is 8. The van der Waals surface area contributed by atoms with Crippen LogP contribution in [0.1, 0.15) is 40.7 Å². The number of imide groups is 1. The fraction of sp³-hybridized carbons (Fsp3) is 0.435. The first-order valence-electron chi connectivity index (χ1n) is 10.5. The number of rotatable bonds is 5. The molecule has 0 radical (unpaired) electrons. The number of carbonyl (C=O) groups is 3. The summed E-state index contributed by atoms with van der Waals surface area (Å²) in [6.07, 6.45) is 4.19. The van der Waals surface area contributed by atoms with Crippen LogP contribution in [0, 0.1) is 12.3 Å². The van der Waals surface area contributed by atoms with E-state index in [1.165, 1.54) is 24.4 Å². The SMILES string of the molecule is COC(=O)c1cnc(N2CCC3(CC2)CC(=O)N(Cc2cc(OC)ccc2C)C3=O)nc1. The molecule has 1 aromatic carbocycles. The van der Waals surface area contributed by atoms with Gasteiger partial charge in [-0.05, 0) is 43.0 Å². The highest BCUT2D eigenvalue weighted by atomic mass is 16.5. The van der Waals surface area contributed by atoms with Crippen molar-refractivity contribution in [2.45, 2.75) is 32.7 Å². The average Bonchev–Trinajstić information content (AvgIpc) is 3.04. The van der Waals surface area contributed by atoms with Crippen LogP contribution in [0.25, 0.3) is 0 Å². The van der Waals surface area contributed by atoms with Crippen molar-refractivity contribution in [2.24, 2.45) is 5.41 Å². The highest BCUT2D eigenvalue weighted by Crippen LogP contribution is 2.43. The van der Waals surface area contributed by atoms with Crippen molar-refractivity contribution in [3.05, 3.63) is 47.3 Å². The fourth-order valence-electron chi connectivity index (χ4n) is 4.37. The van der Waals surface area contributed by atoms with Crippen LogP contribution in [0.4, 0.5) is 5.95 Å². The first-order chi connectivity index (χ1) is 15.4. The fourth-order valence-corrected chi connectivity index (χ4v) is 4.37. The second-order valence-electron chi connectivity index (χ2n) is 8.28. The zero-order chi connectivity index (χ0) is 22.9. The lowest BCUT2D eigenvalue weighted by Gasteiger charge is -2.37. The molecule has 4 rings (SSSR count). The van der Waals surface area contributed by atoms with Gasteiger partial charge in [-0.2, -0.15) is 0 Å². The molecule has 0 saturated carbocycles. The molecule has 2 aliphatic heterocycles. The van der Waals surface area contributed by atoms with Crippen LogP contribution in [0.3, 0.4) is 0 Å². The van der Waals surface area contributed by atoms with Crippen LogP contribution in [-0.4, -0.2) is 60.0 Å². The zero-order valence-electron chi connectivity index (χ0n) is 18.5. The first kappa shape index (κ1) is 21.7. The Hall–Kier alpha value is -3.49. The number of ether oxygens (including phenoxy) is 2. The van der Waals surface area contributed by atoms with Gasteiger partial charge in [-0.25, -0.2) is 14.8 Å². The van der Waals surface area contributed by atoms with Crippen molar-refractivity contribution in [3.63, 3.8) is 0 Å². The van der Waals surface area contributed by atoms with Gasteiger partial charge in [-0.15, -0.1) is 0 Å². The van der Waals surface area contributed by atoms with Crippen LogP contribution >= 0.6 is 0 Å². The highest BCUT2D eigenvalue weighted by Gasteiger charge is 2.52. The van der Waals surface area contributed by atoms with E-state index in [0.717, 1.165) is 11.1 Å². The van der Waals surface area contributed by atoms with Gasteiger partial charge < -0.3 is 14.4 Å². The molecule has 1 aromatic heterocycles. The molecule has 9 heteroatoms. The molecule has 0 aliphatic carbocycles. The summed E-state index contributed by atoms with van der Waals surface area (Å²) < 4.78 is 9.95. The summed E-state index contributed by atoms with van der Waals surface area (Å²) in [5, 5.41) is 0. The maximum absolute atomic E-state index is 13.3. The Labute approximate surface area is 186 Å². The minimum atomic E-state index is -0.674. The summed E-state index contributed by atoms with van der Waals surface area (Å²) in [4.78, 5) is 49.6. The molecule has 3 heterocycles.